The average molecular weight is 456 g/mol. The standard InChI is InChI=1S/C22H18ClN3O6/c1-32-16-6-4-14-10-26(20(28)17(14)9-16)11-15(25-22(31)24-12-27)5-2-13-3-7-19(23)18(8-13)21(29)30/h3-4,6-9,12,15H,10-11H2,1H3,(H,29,30)(H2,24,25,27,31)/t15-/m1/s1. The minimum atomic E-state index is -1.20. The van der Waals surface area contributed by atoms with Crippen LogP contribution in [0, 0.1) is 11.8 Å². The predicted molar refractivity (Wildman–Crippen MR) is 115 cm³/mol. The Kier molecular flexibility index (Phi) is 6.97. The van der Waals surface area contributed by atoms with E-state index >= 15 is 0 Å². The number of carbonyl (C=O) groups excluding carboxylic acids is 3. The number of hydrogen-bond donors (Lipinski definition) is 3. The molecule has 1 atom stereocenters. The van der Waals surface area contributed by atoms with Crippen LogP contribution in [-0.4, -0.2) is 54.0 Å². The van der Waals surface area contributed by atoms with E-state index in [2.05, 4.69) is 17.2 Å². The molecule has 4 amide bonds. The molecular weight excluding hydrogens is 438 g/mol. The highest BCUT2D eigenvalue weighted by atomic mass is 35.5. The third kappa shape index (κ3) is 5.17. The van der Waals surface area contributed by atoms with Crippen LogP contribution in [0.4, 0.5) is 4.79 Å². The lowest BCUT2D eigenvalue weighted by atomic mass is 10.1. The van der Waals surface area contributed by atoms with Crippen molar-refractivity contribution in [1.82, 2.24) is 15.5 Å². The van der Waals surface area contributed by atoms with Crippen molar-refractivity contribution >= 4 is 35.9 Å². The third-order valence-electron chi connectivity index (χ3n) is 4.68. The molecule has 164 valence electrons. The van der Waals surface area contributed by atoms with Gasteiger partial charge in [-0.15, -0.1) is 0 Å². The summed E-state index contributed by atoms with van der Waals surface area (Å²) in [6.45, 7) is 0.353. The summed E-state index contributed by atoms with van der Waals surface area (Å²) in [4.78, 5) is 48.0. The lowest BCUT2D eigenvalue weighted by Gasteiger charge is -2.21. The quantitative estimate of drug-likeness (QED) is 0.451. The van der Waals surface area contributed by atoms with Crippen LogP contribution in [0.15, 0.2) is 36.4 Å². The van der Waals surface area contributed by atoms with Crippen LogP contribution in [0.5, 0.6) is 5.75 Å². The van der Waals surface area contributed by atoms with Gasteiger partial charge in [0.25, 0.3) is 5.91 Å². The molecule has 0 unspecified atom stereocenters. The summed E-state index contributed by atoms with van der Waals surface area (Å²) in [6.07, 6.45) is 0.224. The molecule has 0 saturated carbocycles. The SMILES string of the molecule is COc1ccc2c(c1)C(=O)N(C[C@@H](C#Cc1ccc(Cl)c(C(=O)O)c1)NC(=O)NC=O)C2. The van der Waals surface area contributed by atoms with Crippen LogP contribution in [0.2, 0.25) is 5.02 Å². The molecule has 0 bridgehead atoms. The number of amides is 4. The van der Waals surface area contributed by atoms with E-state index in [0.29, 0.717) is 23.4 Å². The van der Waals surface area contributed by atoms with Crippen LogP contribution in [0.25, 0.3) is 0 Å². The molecule has 2 aromatic carbocycles. The zero-order valence-corrected chi connectivity index (χ0v) is 17.6. The molecule has 0 aliphatic carbocycles. The minimum Gasteiger partial charge on any atom is -0.497 e. The Bertz CT molecular complexity index is 1150. The molecule has 1 aliphatic rings. The summed E-state index contributed by atoms with van der Waals surface area (Å²) >= 11 is 5.87. The topological polar surface area (TPSA) is 125 Å². The van der Waals surface area contributed by atoms with Crippen molar-refractivity contribution in [3.8, 4) is 17.6 Å². The molecule has 3 N–H and O–H groups in total. The van der Waals surface area contributed by atoms with Gasteiger partial charge in [0.15, 0.2) is 0 Å². The zero-order valence-electron chi connectivity index (χ0n) is 16.8. The van der Waals surface area contributed by atoms with Gasteiger partial charge >= 0.3 is 12.0 Å². The first-order chi connectivity index (χ1) is 15.3. The number of carboxylic acids is 1. The number of fused-ring (bicyclic) bond motifs is 1. The van der Waals surface area contributed by atoms with E-state index in [1.54, 1.807) is 18.2 Å². The van der Waals surface area contributed by atoms with Gasteiger partial charge in [-0.3, -0.25) is 14.9 Å². The number of carboxylic acid groups (broad SMARTS) is 1. The number of nitrogens with one attached hydrogen (secondary N) is 2. The molecule has 32 heavy (non-hydrogen) atoms. The molecule has 9 nitrogen and oxygen atoms in total. The lowest BCUT2D eigenvalue weighted by Crippen LogP contribution is -2.46. The van der Waals surface area contributed by atoms with E-state index in [1.165, 1.54) is 30.2 Å². The van der Waals surface area contributed by atoms with Gasteiger partial charge < -0.3 is 20.1 Å². The summed E-state index contributed by atoms with van der Waals surface area (Å²) in [6, 6.07) is 7.81. The van der Waals surface area contributed by atoms with E-state index in [4.69, 9.17) is 16.3 Å². The Balaban J connectivity index is 1.83. The number of halogens is 1. The lowest BCUT2D eigenvalue weighted by molar-refractivity contribution is -0.108. The third-order valence-corrected chi connectivity index (χ3v) is 5.01. The first kappa shape index (κ1) is 22.7. The minimum absolute atomic E-state index is 0.0362. The molecule has 0 aromatic heterocycles. The van der Waals surface area contributed by atoms with Gasteiger partial charge in [0.2, 0.25) is 6.41 Å². The van der Waals surface area contributed by atoms with Crippen molar-refractivity contribution in [2.24, 2.45) is 0 Å². The Morgan fingerprint density at radius 3 is 2.78 bits per heavy atom. The van der Waals surface area contributed by atoms with Crippen LogP contribution in [-0.2, 0) is 11.3 Å². The van der Waals surface area contributed by atoms with Gasteiger partial charge in [-0.1, -0.05) is 29.5 Å². The summed E-state index contributed by atoms with van der Waals surface area (Å²) in [5, 5.41) is 13.8. The molecule has 0 radical (unpaired) electrons. The second-order valence-electron chi connectivity index (χ2n) is 6.77. The monoisotopic (exact) mass is 455 g/mol. The van der Waals surface area contributed by atoms with Crippen LogP contribution in [0.1, 0.15) is 31.8 Å². The number of aromatic carboxylic acids is 1. The zero-order chi connectivity index (χ0) is 23.3. The highest BCUT2D eigenvalue weighted by Crippen LogP contribution is 2.26. The Labute approximate surface area is 188 Å². The second kappa shape index (κ2) is 9.85. The highest BCUT2D eigenvalue weighted by Gasteiger charge is 2.29. The van der Waals surface area contributed by atoms with Crippen molar-refractivity contribution in [1.29, 1.82) is 0 Å². The molecule has 0 spiro atoms. The largest absolute Gasteiger partial charge is 0.497 e. The van der Waals surface area contributed by atoms with E-state index in [0.717, 1.165) is 5.56 Å². The maximum atomic E-state index is 12.8. The van der Waals surface area contributed by atoms with Crippen LogP contribution >= 0.6 is 11.6 Å². The number of methoxy groups -OCH3 is 1. The summed E-state index contributed by atoms with van der Waals surface area (Å²) in [5.74, 6) is 4.70. The molecule has 0 saturated heterocycles. The Morgan fingerprint density at radius 2 is 2.09 bits per heavy atom. The number of imide groups is 1. The van der Waals surface area contributed by atoms with E-state index in [9.17, 15) is 24.3 Å². The molecule has 1 heterocycles. The van der Waals surface area contributed by atoms with E-state index < -0.39 is 18.0 Å². The summed E-state index contributed by atoms with van der Waals surface area (Å²) in [7, 11) is 1.51. The van der Waals surface area contributed by atoms with Gasteiger partial charge in [-0.05, 0) is 35.9 Å². The van der Waals surface area contributed by atoms with E-state index in [1.807, 2.05) is 5.32 Å². The van der Waals surface area contributed by atoms with Gasteiger partial charge in [-0.2, -0.15) is 0 Å². The number of rotatable bonds is 6. The van der Waals surface area contributed by atoms with Gasteiger partial charge in [0.05, 0.1) is 24.2 Å². The normalized spacial score (nSPS) is 12.8. The van der Waals surface area contributed by atoms with Gasteiger partial charge in [-0.25, -0.2) is 9.59 Å². The predicted octanol–water partition coefficient (Wildman–Crippen LogP) is 1.88. The number of nitrogens with zero attached hydrogens (tertiary/aromatic N) is 1. The number of carbonyl (C=O) groups is 4. The van der Waals surface area contributed by atoms with E-state index in [-0.39, 0.29) is 29.4 Å². The number of urea groups is 1. The highest BCUT2D eigenvalue weighted by molar-refractivity contribution is 6.33. The maximum absolute atomic E-state index is 12.8. The molecule has 1 aliphatic heterocycles. The summed E-state index contributed by atoms with van der Waals surface area (Å²) < 4.78 is 5.16. The molecule has 0 fully saturated rings. The van der Waals surface area contributed by atoms with Crippen molar-refractivity contribution in [2.45, 2.75) is 12.6 Å². The van der Waals surface area contributed by atoms with Crippen molar-refractivity contribution in [3.05, 3.63) is 63.7 Å². The average Bonchev–Trinajstić information content (AvgIpc) is 3.07. The van der Waals surface area contributed by atoms with Crippen LogP contribution in [0.3, 0.4) is 0 Å². The first-order valence-corrected chi connectivity index (χ1v) is 9.71. The number of benzene rings is 2. The maximum Gasteiger partial charge on any atom is 0.337 e. The first-order valence-electron chi connectivity index (χ1n) is 9.33. The molecular formula is C22H18ClN3O6. The Hall–Kier alpha value is -4.03. The van der Waals surface area contributed by atoms with Crippen molar-refractivity contribution < 1.29 is 29.0 Å². The fourth-order valence-corrected chi connectivity index (χ4v) is 3.35. The molecule has 3 rings (SSSR count). The van der Waals surface area contributed by atoms with Crippen molar-refractivity contribution in [2.75, 3.05) is 13.7 Å². The van der Waals surface area contributed by atoms with Gasteiger partial charge in [0.1, 0.15) is 11.8 Å². The van der Waals surface area contributed by atoms with Gasteiger partial charge in [0, 0.05) is 17.7 Å². The number of ether oxygens (including phenoxy) is 1. The number of hydrogen-bond acceptors (Lipinski definition) is 5. The Morgan fingerprint density at radius 1 is 1.31 bits per heavy atom. The molecule has 2 aromatic rings. The fourth-order valence-electron chi connectivity index (χ4n) is 3.15. The fraction of sp³-hybridized carbons (Fsp3) is 0.182. The smallest absolute Gasteiger partial charge is 0.337 e. The van der Waals surface area contributed by atoms with Crippen molar-refractivity contribution in [3.63, 3.8) is 0 Å². The second-order valence-corrected chi connectivity index (χ2v) is 7.17. The summed E-state index contributed by atoms with van der Waals surface area (Å²) in [5.41, 5.74) is 1.55. The molecule has 10 heteroatoms. The van der Waals surface area contributed by atoms with Crippen LogP contribution < -0.4 is 15.4 Å².